The molecule has 0 fully saturated rings. The molecule has 0 aliphatic carbocycles. The molecule has 6 heteroatoms. The molecule has 0 spiro atoms. The lowest BCUT2D eigenvalue weighted by Gasteiger charge is -2.42. The van der Waals surface area contributed by atoms with E-state index in [4.69, 9.17) is 8.83 Å². The number of hydrogen-bond donors (Lipinski definition) is 0. The van der Waals surface area contributed by atoms with Crippen LogP contribution in [0.3, 0.4) is 0 Å². The fourth-order valence-corrected chi connectivity index (χ4v) is 12.7. The Hall–Kier alpha value is -6.76. The second kappa shape index (κ2) is 12.6. The summed E-state index contributed by atoms with van der Waals surface area (Å²) in [7, 11) is 0. The van der Waals surface area contributed by atoms with Crippen molar-refractivity contribution in [3.63, 3.8) is 0 Å². The van der Waals surface area contributed by atoms with Crippen molar-refractivity contribution in [2.75, 3.05) is 4.81 Å². The first-order valence-electron chi connectivity index (χ1n) is 23.4. The molecule has 14 rings (SSSR count). The lowest BCUT2D eigenvalue weighted by atomic mass is 9.43. The van der Waals surface area contributed by atoms with E-state index in [9.17, 15) is 0 Å². The van der Waals surface area contributed by atoms with Gasteiger partial charge in [0, 0.05) is 80.7 Å². The predicted molar refractivity (Wildman–Crippen MR) is 283 cm³/mol. The third-order valence-corrected chi connectivity index (χ3v) is 16.2. The van der Waals surface area contributed by atoms with Crippen LogP contribution in [0.2, 0.25) is 0 Å². The maximum atomic E-state index is 7.30. The number of nitrogens with zero attached hydrogens (tertiary/aromatic N) is 2. The minimum Gasteiger partial charge on any atom is -0.456 e. The summed E-state index contributed by atoms with van der Waals surface area (Å²) in [4.78, 5) is 2.66. The largest absolute Gasteiger partial charge is 0.456 e. The van der Waals surface area contributed by atoms with Gasteiger partial charge < -0.3 is 18.2 Å². The van der Waals surface area contributed by atoms with Gasteiger partial charge in [-0.2, -0.15) is 0 Å². The molecule has 6 heterocycles. The highest BCUT2D eigenvalue weighted by molar-refractivity contribution is 7.26. The van der Waals surface area contributed by atoms with Crippen LogP contribution in [0, 0.1) is 0 Å². The third kappa shape index (κ3) is 5.06. The number of rotatable bonds is 1. The lowest BCUT2D eigenvalue weighted by Crippen LogP contribution is -2.60. The van der Waals surface area contributed by atoms with Crippen LogP contribution in [0.25, 0.3) is 103 Å². The molecule has 320 valence electrons. The van der Waals surface area contributed by atoms with Gasteiger partial charge in [-0.15, -0.1) is 11.3 Å². The van der Waals surface area contributed by atoms with Crippen molar-refractivity contribution >= 4 is 126 Å². The molecule has 0 amide bonds. The van der Waals surface area contributed by atoms with Crippen LogP contribution in [0.5, 0.6) is 0 Å². The Labute approximate surface area is 388 Å². The summed E-state index contributed by atoms with van der Waals surface area (Å²) in [6, 6.07) is 50.7. The summed E-state index contributed by atoms with van der Waals surface area (Å²) in [5.74, 6) is 0. The number of furan rings is 2. The van der Waals surface area contributed by atoms with E-state index < -0.39 is 0 Å². The van der Waals surface area contributed by atoms with Gasteiger partial charge in [-0.3, -0.25) is 0 Å². The molecule has 66 heavy (non-hydrogen) atoms. The molecule has 2 aliphatic heterocycles. The number of fused-ring (bicyclic) bond motifs is 19. The van der Waals surface area contributed by atoms with E-state index in [2.05, 4.69) is 205 Å². The van der Waals surface area contributed by atoms with Crippen molar-refractivity contribution in [2.24, 2.45) is 0 Å². The zero-order valence-electron chi connectivity index (χ0n) is 38.9. The van der Waals surface area contributed by atoms with E-state index in [1.807, 2.05) is 11.3 Å². The number of anilines is 2. The van der Waals surface area contributed by atoms with Gasteiger partial charge in [0.2, 0.25) is 0 Å². The highest BCUT2D eigenvalue weighted by atomic mass is 32.1. The third-order valence-electron chi connectivity index (χ3n) is 15.0. The van der Waals surface area contributed by atoms with Crippen LogP contribution in [-0.2, 0) is 16.2 Å². The molecule has 0 bridgehead atoms. The smallest absolute Gasteiger partial charge is 0.333 e. The molecule has 4 nitrogen and oxygen atoms in total. The second-order valence-corrected chi connectivity index (χ2v) is 23.2. The molecule has 12 aromatic rings. The summed E-state index contributed by atoms with van der Waals surface area (Å²) >= 11 is 1.90. The van der Waals surface area contributed by atoms with Crippen molar-refractivity contribution < 1.29 is 8.83 Å². The van der Waals surface area contributed by atoms with Gasteiger partial charge in [0.05, 0.1) is 11.0 Å². The summed E-state index contributed by atoms with van der Waals surface area (Å²) in [5, 5.41) is 9.69. The van der Waals surface area contributed by atoms with Crippen LogP contribution in [-0.4, -0.2) is 11.4 Å². The SMILES string of the molecule is CC(C)(C)c1ccc(N2B3c4cc5sc6ccccc6c5cc4-n4c5ccc(C(C)(C)C)cc5c5c6c(oc7ccccc76)c(c3c54)-c3cc4oc5ccc(C(C)(C)C)cc5c4cc32)cc1. The molecule has 0 saturated heterocycles. The van der Waals surface area contributed by atoms with E-state index in [0.29, 0.717) is 0 Å². The lowest BCUT2D eigenvalue weighted by molar-refractivity contribution is 0.590. The minimum atomic E-state index is -0.183. The fraction of sp³-hybridized carbons (Fsp3) is 0.200. The van der Waals surface area contributed by atoms with Crippen LogP contribution in [0.4, 0.5) is 11.4 Å². The average molecular weight is 873 g/mol. The molecule has 8 aromatic carbocycles. The Balaban J connectivity index is 1.22. The van der Waals surface area contributed by atoms with E-state index in [1.165, 1.54) is 80.7 Å². The molecule has 0 atom stereocenters. The first-order valence-corrected chi connectivity index (χ1v) is 24.3. The van der Waals surface area contributed by atoms with E-state index in [1.54, 1.807) is 0 Å². The fourth-order valence-electron chi connectivity index (χ4n) is 11.6. The summed E-state index contributed by atoms with van der Waals surface area (Å²) in [5.41, 5.74) is 18.3. The van der Waals surface area contributed by atoms with E-state index in [0.717, 1.165) is 61.0 Å². The van der Waals surface area contributed by atoms with Crippen LogP contribution < -0.4 is 15.7 Å². The highest BCUT2D eigenvalue weighted by Gasteiger charge is 2.47. The van der Waals surface area contributed by atoms with Crippen molar-refractivity contribution in [2.45, 2.75) is 78.6 Å². The molecule has 0 N–H and O–H groups in total. The van der Waals surface area contributed by atoms with Gasteiger partial charge in [-0.1, -0.05) is 123 Å². The number of aromatic nitrogens is 1. The molecular weight excluding hydrogens is 824 g/mol. The minimum absolute atomic E-state index is 0.00764. The van der Waals surface area contributed by atoms with E-state index >= 15 is 0 Å². The number of thiophene rings is 1. The molecule has 0 saturated carbocycles. The standard InChI is InChI=1S/C60H49BN2O2S/c1-58(2,3)32-18-22-35(23-19-32)63-45-28-39-38-26-34(60(7,8)9)21-25-48(38)64-49(39)30-42(45)54-55-56-52(53-37-15-10-12-16-47(37)65-57(53)54)41-27-33(59(4,5)6)20-24-44(41)62(56)46-29-40-36-14-11-13-17-50(36)66-51(40)31-43(46)61(55)63/h10-31H,1-9H3. The Morgan fingerprint density at radius 1 is 0.485 bits per heavy atom. The quantitative estimate of drug-likeness (QED) is 0.154. The second-order valence-electron chi connectivity index (χ2n) is 22.1. The van der Waals surface area contributed by atoms with Gasteiger partial charge in [0.1, 0.15) is 22.3 Å². The molecule has 0 unspecified atom stereocenters. The maximum Gasteiger partial charge on any atom is 0.333 e. The summed E-state index contributed by atoms with van der Waals surface area (Å²) in [6.45, 7) is 20.5. The van der Waals surface area contributed by atoms with Gasteiger partial charge in [0.25, 0.3) is 0 Å². The topological polar surface area (TPSA) is 34.5 Å². The van der Waals surface area contributed by atoms with Crippen LogP contribution in [0.15, 0.2) is 142 Å². The van der Waals surface area contributed by atoms with Gasteiger partial charge in [0.15, 0.2) is 0 Å². The predicted octanol–water partition coefficient (Wildman–Crippen LogP) is 16.1. The molecule has 0 radical (unpaired) electrons. The first kappa shape index (κ1) is 38.5. The van der Waals surface area contributed by atoms with Crippen molar-refractivity contribution in [3.8, 4) is 16.8 Å². The molecule has 2 aliphatic rings. The molecular formula is C60H49BN2O2S. The van der Waals surface area contributed by atoms with Crippen LogP contribution in [0.1, 0.15) is 79.0 Å². The maximum absolute atomic E-state index is 7.30. The van der Waals surface area contributed by atoms with Gasteiger partial charge >= 0.3 is 6.85 Å². The average Bonchev–Trinajstić information content (AvgIpc) is 4.04. The summed E-state index contributed by atoms with van der Waals surface area (Å²) in [6.07, 6.45) is 0. The first-order chi connectivity index (χ1) is 31.6. The van der Waals surface area contributed by atoms with Crippen molar-refractivity contribution in [1.29, 1.82) is 0 Å². The summed E-state index contributed by atoms with van der Waals surface area (Å²) < 4.78 is 19.4. The zero-order chi connectivity index (χ0) is 44.9. The highest BCUT2D eigenvalue weighted by Crippen LogP contribution is 2.53. The number of para-hydroxylation sites is 1. The Morgan fingerprint density at radius 2 is 1.12 bits per heavy atom. The van der Waals surface area contributed by atoms with Crippen molar-refractivity contribution in [3.05, 3.63) is 150 Å². The Morgan fingerprint density at radius 3 is 1.88 bits per heavy atom. The molecule has 4 aromatic heterocycles. The Bertz CT molecular complexity index is 4120. The monoisotopic (exact) mass is 872 g/mol. The normalized spacial score (nSPS) is 14.1. The van der Waals surface area contributed by atoms with Crippen LogP contribution >= 0.6 is 11.3 Å². The zero-order valence-corrected chi connectivity index (χ0v) is 39.7. The van der Waals surface area contributed by atoms with Crippen molar-refractivity contribution in [1.82, 2.24) is 4.57 Å². The van der Waals surface area contributed by atoms with Gasteiger partial charge in [-0.05, 0) is 117 Å². The number of hydrogen-bond acceptors (Lipinski definition) is 4. The Kier molecular flexibility index (Phi) is 7.33. The van der Waals surface area contributed by atoms with E-state index in [-0.39, 0.29) is 23.1 Å². The number of benzene rings is 8. The van der Waals surface area contributed by atoms with Gasteiger partial charge in [-0.25, -0.2) is 0 Å².